The molecule has 0 unspecified atom stereocenters. The minimum absolute atomic E-state index is 0.253. The molecule has 2 nitrogen and oxygen atoms in total. The topological polar surface area (TPSA) is 29.1 Å². The number of hydrogen-bond acceptors (Lipinski definition) is 1. The van der Waals surface area contributed by atoms with Crippen molar-refractivity contribution in [1.82, 2.24) is 5.32 Å². The van der Waals surface area contributed by atoms with E-state index in [9.17, 15) is 4.79 Å². The van der Waals surface area contributed by atoms with Crippen molar-refractivity contribution in [3.63, 3.8) is 0 Å². The molecule has 0 aromatic heterocycles. The third-order valence-corrected chi connectivity index (χ3v) is 2.72. The summed E-state index contributed by atoms with van der Waals surface area (Å²) in [6.45, 7) is 5.37. The molecular formula is C13H14ClNO. The lowest BCUT2D eigenvalue weighted by Gasteiger charge is -2.20. The van der Waals surface area contributed by atoms with Crippen molar-refractivity contribution in [2.45, 2.75) is 26.3 Å². The van der Waals surface area contributed by atoms with Crippen molar-refractivity contribution in [2.75, 3.05) is 0 Å². The van der Waals surface area contributed by atoms with Gasteiger partial charge in [-0.2, -0.15) is 0 Å². The molecule has 0 fully saturated rings. The van der Waals surface area contributed by atoms with E-state index in [0.717, 1.165) is 5.56 Å². The van der Waals surface area contributed by atoms with E-state index >= 15 is 0 Å². The number of aryl methyl sites for hydroxylation is 1. The highest BCUT2D eigenvalue weighted by molar-refractivity contribution is 6.34. The molecule has 0 atom stereocenters. The van der Waals surface area contributed by atoms with Crippen molar-refractivity contribution < 1.29 is 4.79 Å². The van der Waals surface area contributed by atoms with Crippen LogP contribution in [0, 0.1) is 19.3 Å². The Balaban J connectivity index is 2.99. The van der Waals surface area contributed by atoms with Gasteiger partial charge in [-0.25, -0.2) is 0 Å². The van der Waals surface area contributed by atoms with Crippen molar-refractivity contribution in [3.8, 4) is 12.3 Å². The predicted molar refractivity (Wildman–Crippen MR) is 66.6 cm³/mol. The van der Waals surface area contributed by atoms with Gasteiger partial charge in [0.25, 0.3) is 5.91 Å². The maximum absolute atomic E-state index is 11.9. The number of halogens is 1. The molecule has 1 N–H and O–H groups in total. The van der Waals surface area contributed by atoms with Gasteiger partial charge in [-0.05, 0) is 32.4 Å². The lowest BCUT2D eigenvalue weighted by Crippen LogP contribution is -2.42. The Morgan fingerprint density at radius 3 is 2.69 bits per heavy atom. The minimum Gasteiger partial charge on any atom is -0.336 e. The van der Waals surface area contributed by atoms with E-state index in [4.69, 9.17) is 18.0 Å². The van der Waals surface area contributed by atoms with Gasteiger partial charge in [0.1, 0.15) is 0 Å². The smallest absolute Gasteiger partial charge is 0.253 e. The van der Waals surface area contributed by atoms with E-state index in [0.29, 0.717) is 10.6 Å². The third-order valence-electron chi connectivity index (χ3n) is 2.22. The Morgan fingerprint density at radius 1 is 1.50 bits per heavy atom. The SMILES string of the molecule is C#CC(C)(C)NC(=O)c1cccc(C)c1Cl. The predicted octanol–water partition coefficient (Wildman–Crippen LogP) is 2.79. The number of carbonyl (C=O) groups excluding carboxylic acids is 1. The Bertz CT molecular complexity index is 457. The first-order chi connectivity index (χ1) is 7.37. The second kappa shape index (κ2) is 4.59. The summed E-state index contributed by atoms with van der Waals surface area (Å²) >= 11 is 6.05. The van der Waals surface area contributed by atoms with Gasteiger partial charge >= 0.3 is 0 Å². The molecule has 84 valence electrons. The molecule has 1 aromatic carbocycles. The number of terminal acetylenes is 1. The van der Waals surface area contributed by atoms with Crippen LogP contribution < -0.4 is 5.32 Å². The molecular weight excluding hydrogens is 222 g/mol. The number of rotatable bonds is 2. The zero-order valence-corrected chi connectivity index (χ0v) is 10.4. The van der Waals surface area contributed by atoms with Gasteiger partial charge in [-0.3, -0.25) is 4.79 Å². The van der Waals surface area contributed by atoms with Gasteiger partial charge in [-0.15, -0.1) is 6.42 Å². The van der Waals surface area contributed by atoms with Crippen LogP contribution in [0.2, 0.25) is 5.02 Å². The highest BCUT2D eigenvalue weighted by Gasteiger charge is 2.19. The van der Waals surface area contributed by atoms with Crippen LogP contribution in [-0.2, 0) is 0 Å². The summed E-state index contributed by atoms with van der Waals surface area (Å²) in [7, 11) is 0. The molecule has 1 aromatic rings. The van der Waals surface area contributed by atoms with Gasteiger partial charge in [0.15, 0.2) is 0 Å². The summed E-state index contributed by atoms with van der Waals surface area (Å²) in [6.07, 6.45) is 5.30. The Hall–Kier alpha value is -1.46. The lowest BCUT2D eigenvalue weighted by molar-refractivity contribution is 0.0930. The van der Waals surface area contributed by atoms with Crippen LogP contribution in [0.5, 0.6) is 0 Å². The lowest BCUT2D eigenvalue weighted by atomic mass is 10.1. The van der Waals surface area contributed by atoms with E-state index < -0.39 is 5.54 Å². The largest absolute Gasteiger partial charge is 0.336 e. The molecule has 0 heterocycles. The van der Waals surface area contributed by atoms with Gasteiger partial charge < -0.3 is 5.32 Å². The van der Waals surface area contributed by atoms with Crippen LogP contribution >= 0.6 is 11.6 Å². The van der Waals surface area contributed by atoms with Crippen molar-refractivity contribution in [3.05, 3.63) is 34.3 Å². The first kappa shape index (κ1) is 12.6. The summed E-state index contributed by atoms with van der Waals surface area (Å²) in [4.78, 5) is 11.9. The molecule has 0 bridgehead atoms. The normalized spacial score (nSPS) is 10.7. The molecule has 16 heavy (non-hydrogen) atoms. The Morgan fingerprint density at radius 2 is 2.12 bits per heavy atom. The van der Waals surface area contributed by atoms with Crippen molar-refractivity contribution in [1.29, 1.82) is 0 Å². The Kier molecular flexibility index (Phi) is 3.62. The second-order valence-corrected chi connectivity index (χ2v) is 4.54. The number of benzene rings is 1. The molecule has 0 radical (unpaired) electrons. The number of amides is 1. The molecule has 0 aliphatic carbocycles. The summed E-state index contributed by atoms with van der Waals surface area (Å²) in [5.74, 6) is 2.25. The maximum atomic E-state index is 11.9. The fraction of sp³-hybridized carbons (Fsp3) is 0.308. The monoisotopic (exact) mass is 235 g/mol. The van der Waals surface area contributed by atoms with Gasteiger partial charge in [0.2, 0.25) is 0 Å². The third kappa shape index (κ3) is 2.77. The Labute approximate surface area is 101 Å². The number of nitrogens with one attached hydrogen (secondary N) is 1. The van der Waals surface area contributed by atoms with Gasteiger partial charge in [0.05, 0.1) is 16.1 Å². The van der Waals surface area contributed by atoms with E-state index in [1.807, 2.05) is 13.0 Å². The first-order valence-corrected chi connectivity index (χ1v) is 5.30. The minimum atomic E-state index is -0.676. The summed E-state index contributed by atoms with van der Waals surface area (Å²) in [5.41, 5.74) is 0.641. The molecule has 0 saturated heterocycles. The highest BCUT2D eigenvalue weighted by Crippen LogP contribution is 2.20. The van der Waals surface area contributed by atoms with Crippen LogP contribution in [0.1, 0.15) is 29.8 Å². The van der Waals surface area contributed by atoms with Gasteiger partial charge in [-0.1, -0.05) is 29.7 Å². The quantitative estimate of drug-likeness (QED) is 0.785. The first-order valence-electron chi connectivity index (χ1n) is 4.93. The van der Waals surface area contributed by atoms with E-state index in [1.54, 1.807) is 26.0 Å². The van der Waals surface area contributed by atoms with Crippen molar-refractivity contribution in [2.24, 2.45) is 0 Å². The number of carbonyl (C=O) groups is 1. The van der Waals surface area contributed by atoms with Crippen LogP contribution in [0.25, 0.3) is 0 Å². The van der Waals surface area contributed by atoms with Crippen LogP contribution in [0.4, 0.5) is 0 Å². The molecule has 1 amide bonds. The average molecular weight is 236 g/mol. The molecule has 3 heteroatoms. The summed E-state index contributed by atoms with van der Waals surface area (Å²) in [6, 6.07) is 5.32. The van der Waals surface area contributed by atoms with Crippen LogP contribution in [-0.4, -0.2) is 11.4 Å². The molecule has 0 saturated carbocycles. The fourth-order valence-electron chi connectivity index (χ4n) is 1.21. The highest BCUT2D eigenvalue weighted by atomic mass is 35.5. The summed E-state index contributed by atoms with van der Waals surface area (Å²) in [5, 5.41) is 3.20. The van der Waals surface area contributed by atoms with E-state index in [-0.39, 0.29) is 5.91 Å². The van der Waals surface area contributed by atoms with Crippen molar-refractivity contribution >= 4 is 17.5 Å². The maximum Gasteiger partial charge on any atom is 0.253 e. The summed E-state index contributed by atoms with van der Waals surface area (Å²) < 4.78 is 0. The van der Waals surface area contributed by atoms with E-state index in [1.165, 1.54) is 0 Å². The van der Waals surface area contributed by atoms with Crippen LogP contribution in [0.15, 0.2) is 18.2 Å². The fourth-order valence-corrected chi connectivity index (χ4v) is 1.42. The standard InChI is InChI=1S/C13H14ClNO/c1-5-13(3,4)15-12(16)10-8-6-7-9(2)11(10)14/h1,6-8H,2-4H3,(H,15,16). The van der Waals surface area contributed by atoms with Crippen LogP contribution in [0.3, 0.4) is 0 Å². The second-order valence-electron chi connectivity index (χ2n) is 4.16. The van der Waals surface area contributed by atoms with E-state index in [2.05, 4.69) is 11.2 Å². The molecule has 0 spiro atoms. The molecule has 1 rings (SSSR count). The average Bonchev–Trinajstić information content (AvgIpc) is 2.21. The van der Waals surface area contributed by atoms with Gasteiger partial charge in [0, 0.05) is 0 Å². The zero-order chi connectivity index (χ0) is 12.3. The number of hydrogen-bond donors (Lipinski definition) is 1. The molecule has 0 aliphatic rings. The molecule has 0 aliphatic heterocycles. The zero-order valence-electron chi connectivity index (χ0n) is 9.60.